The Bertz CT molecular complexity index is 539. The molecule has 7 heteroatoms. The van der Waals surface area contributed by atoms with Crippen LogP contribution in [0.5, 0.6) is 0 Å². The van der Waals surface area contributed by atoms with Crippen LogP contribution in [0.3, 0.4) is 0 Å². The fourth-order valence-corrected chi connectivity index (χ4v) is 2.14. The van der Waals surface area contributed by atoms with Crippen molar-refractivity contribution >= 4 is 11.7 Å². The Hall–Kier alpha value is -2.18. The third kappa shape index (κ3) is 3.90. The summed E-state index contributed by atoms with van der Waals surface area (Å²) in [5.41, 5.74) is 5.16. The fraction of sp³-hybridized carbons (Fsp3) is 0.429. The van der Waals surface area contributed by atoms with Crippen molar-refractivity contribution in [1.29, 1.82) is 0 Å². The van der Waals surface area contributed by atoms with Gasteiger partial charge in [-0.05, 0) is 25.0 Å². The maximum atomic E-state index is 13.6. The van der Waals surface area contributed by atoms with Gasteiger partial charge in [0.1, 0.15) is 17.5 Å². The molecule has 2 rings (SSSR count). The van der Waals surface area contributed by atoms with E-state index in [0.29, 0.717) is 0 Å². The molecule has 0 heterocycles. The molecule has 114 valence electrons. The van der Waals surface area contributed by atoms with E-state index >= 15 is 0 Å². The first-order valence-electron chi connectivity index (χ1n) is 6.71. The zero-order chi connectivity index (χ0) is 15.4. The third-order valence-electron chi connectivity index (χ3n) is 3.43. The van der Waals surface area contributed by atoms with Gasteiger partial charge in [-0.25, -0.2) is 8.78 Å². The van der Waals surface area contributed by atoms with Crippen LogP contribution < -0.4 is 5.73 Å². The molecule has 5 nitrogen and oxygen atoms in total. The average Bonchev–Trinajstić information content (AvgIpc) is 3.27. The van der Waals surface area contributed by atoms with Crippen molar-refractivity contribution in [2.45, 2.75) is 31.7 Å². The van der Waals surface area contributed by atoms with Crippen LogP contribution in [0.4, 0.5) is 8.78 Å². The molecule has 0 atom stereocenters. The van der Waals surface area contributed by atoms with Gasteiger partial charge in [-0.15, -0.1) is 0 Å². The number of hydrogen-bond acceptors (Lipinski definition) is 3. The van der Waals surface area contributed by atoms with Crippen molar-refractivity contribution < 1.29 is 18.8 Å². The van der Waals surface area contributed by atoms with Crippen molar-refractivity contribution in [2.24, 2.45) is 10.9 Å². The van der Waals surface area contributed by atoms with Gasteiger partial charge in [-0.1, -0.05) is 11.2 Å². The third-order valence-corrected chi connectivity index (χ3v) is 3.43. The maximum absolute atomic E-state index is 13.6. The number of nitrogens with two attached hydrogens (primary N) is 1. The number of nitrogens with zero attached hydrogens (tertiary/aromatic N) is 2. The predicted octanol–water partition coefficient (Wildman–Crippen LogP) is 1.63. The molecule has 1 fully saturated rings. The van der Waals surface area contributed by atoms with Gasteiger partial charge in [0.2, 0.25) is 5.91 Å². The Balaban J connectivity index is 2.05. The summed E-state index contributed by atoms with van der Waals surface area (Å²) in [7, 11) is 0. The number of benzene rings is 1. The number of oxime groups is 1. The highest BCUT2D eigenvalue weighted by Gasteiger charge is 2.32. The van der Waals surface area contributed by atoms with Gasteiger partial charge < -0.3 is 15.8 Å². The largest absolute Gasteiger partial charge is 0.409 e. The van der Waals surface area contributed by atoms with Crippen molar-refractivity contribution in [3.05, 3.63) is 35.4 Å². The second-order valence-corrected chi connectivity index (χ2v) is 5.04. The summed E-state index contributed by atoms with van der Waals surface area (Å²) < 4.78 is 27.2. The number of amides is 1. The van der Waals surface area contributed by atoms with Crippen molar-refractivity contribution in [2.75, 3.05) is 6.54 Å². The van der Waals surface area contributed by atoms with Crippen molar-refractivity contribution in [3.63, 3.8) is 0 Å². The molecule has 0 saturated heterocycles. The van der Waals surface area contributed by atoms with Gasteiger partial charge in [0, 0.05) is 24.6 Å². The van der Waals surface area contributed by atoms with Gasteiger partial charge in [-0.2, -0.15) is 0 Å². The molecule has 1 aromatic rings. The minimum Gasteiger partial charge on any atom is -0.409 e. The lowest BCUT2D eigenvalue weighted by Gasteiger charge is -2.22. The zero-order valence-electron chi connectivity index (χ0n) is 11.4. The fourth-order valence-electron chi connectivity index (χ4n) is 2.14. The Morgan fingerprint density at radius 1 is 1.38 bits per heavy atom. The first kappa shape index (κ1) is 15.2. The first-order valence-corrected chi connectivity index (χ1v) is 6.71. The molecule has 1 aliphatic carbocycles. The average molecular weight is 297 g/mol. The Labute approximate surface area is 121 Å². The molecule has 3 N–H and O–H groups in total. The molecule has 1 saturated carbocycles. The number of halogens is 2. The molecule has 0 unspecified atom stereocenters. The molecule has 1 aliphatic rings. The van der Waals surface area contributed by atoms with E-state index in [1.54, 1.807) is 4.90 Å². The van der Waals surface area contributed by atoms with Crippen LogP contribution in [-0.2, 0) is 11.2 Å². The van der Waals surface area contributed by atoms with Crippen LogP contribution in [0.2, 0.25) is 0 Å². The van der Waals surface area contributed by atoms with Crippen LogP contribution in [0.25, 0.3) is 0 Å². The second kappa shape index (κ2) is 6.51. The Morgan fingerprint density at radius 2 is 2.00 bits per heavy atom. The van der Waals surface area contributed by atoms with E-state index in [1.807, 2.05) is 0 Å². The number of amidine groups is 1. The molecule has 0 radical (unpaired) electrons. The van der Waals surface area contributed by atoms with E-state index < -0.39 is 11.6 Å². The topological polar surface area (TPSA) is 78.9 Å². The van der Waals surface area contributed by atoms with E-state index in [9.17, 15) is 13.6 Å². The van der Waals surface area contributed by atoms with E-state index in [4.69, 9.17) is 10.9 Å². The highest BCUT2D eigenvalue weighted by Crippen LogP contribution is 2.28. The van der Waals surface area contributed by atoms with Gasteiger partial charge in [0.05, 0.1) is 6.42 Å². The summed E-state index contributed by atoms with van der Waals surface area (Å²) in [6.45, 7) is 0.273. The number of hydrogen-bond donors (Lipinski definition) is 2. The lowest BCUT2D eigenvalue weighted by Crippen LogP contribution is -2.37. The minimum atomic E-state index is -0.726. The minimum absolute atomic E-state index is 0.0190. The van der Waals surface area contributed by atoms with Crippen LogP contribution in [0.15, 0.2) is 23.4 Å². The Kier molecular flexibility index (Phi) is 4.72. The van der Waals surface area contributed by atoms with Crippen LogP contribution >= 0.6 is 0 Å². The summed E-state index contributed by atoms with van der Waals surface area (Å²) in [5, 5.41) is 11.4. The van der Waals surface area contributed by atoms with E-state index in [1.165, 1.54) is 6.07 Å². The van der Waals surface area contributed by atoms with Crippen LogP contribution in [0.1, 0.15) is 24.8 Å². The summed E-state index contributed by atoms with van der Waals surface area (Å²) in [4.78, 5) is 13.8. The second-order valence-electron chi connectivity index (χ2n) is 5.04. The quantitative estimate of drug-likeness (QED) is 0.362. The normalized spacial score (nSPS) is 15.0. The predicted molar refractivity (Wildman–Crippen MR) is 72.8 cm³/mol. The molecule has 0 aliphatic heterocycles. The monoisotopic (exact) mass is 297 g/mol. The molecule has 0 aromatic heterocycles. The molecule has 0 spiro atoms. The van der Waals surface area contributed by atoms with Gasteiger partial charge in [0.15, 0.2) is 0 Å². The molecule has 0 bridgehead atoms. The lowest BCUT2D eigenvalue weighted by atomic mass is 10.1. The Morgan fingerprint density at radius 3 is 2.52 bits per heavy atom. The van der Waals surface area contributed by atoms with Crippen LogP contribution in [-0.4, -0.2) is 34.4 Å². The van der Waals surface area contributed by atoms with Crippen molar-refractivity contribution in [3.8, 4) is 0 Å². The van der Waals surface area contributed by atoms with Gasteiger partial charge in [-0.3, -0.25) is 4.79 Å². The smallest absolute Gasteiger partial charge is 0.227 e. The number of carbonyl (C=O) groups excluding carboxylic acids is 1. The van der Waals surface area contributed by atoms with Crippen LogP contribution in [0, 0.1) is 11.6 Å². The van der Waals surface area contributed by atoms with Gasteiger partial charge >= 0.3 is 0 Å². The SMILES string of the molecule is N/C(CCN(C(=O)Cc1c(F)cccc1F)C1CC1)=N/O. The standard InChI is InChI=1S/C14H17F2N3O2/c15-11-2-1-3-12(16)10(11)8-14(20)19(9-4-5-9)7-6-13(17)18-21/h1-3,9,21H,4-8H2,(H2,17,18). The molecular formula is C14H17F2N3O2. The summed E-state index contributed by atoms with van der Waals surface area (Å²) in [6.07, 6.45) is 1.62. The highest BCUT2D eigenvalue weighted by molar-refractivity contribution is 5.82. The molecule has 21 heavy (non-hydrogen) atoms. The first-order chi connectivity index (χ1) is 10.0. The summed E-state index contributed by atoms with van der Waals surface area (Å²) >= 11 is 0. The molecular weight excluding hydrogens is 280 g/mol. The number of carbonyl (C=O) groups is 1. The summed E-state index contributed by atoms with van der Waals surface area (Å²) in [6, 6.07) is 3.60. The number of rotatable bonds is 6. The van der Waals surface area contributed by atoms with E-state index in [-0.39, 0.29) is 42.7 Å². The maximum Gasteiger partial charge on any atom is 0.227 e. The molecule has 1 amide bonds. The highest BCUT2D eigenvalue weighted by atomic mass is 19.1. The van der Waals surface area contributed by atoms with Gasteiger partial charge in [0.25, 0.3) is 0 Å². The van der Waals surface area contributed by atoms with Crippen molar-refractivity contribution in [1.82, 2.24) is 4.90 Å². The molecule has 1 aromatic carbocycles. The van der Waals surface area contributed by atoms with E-state index in [0.717, 1.165) is 25.0 Å². The summed E-state index contributed by atoms with van der Waals surface area (Å²) in [5.74, 6) is -1.79. The zero-order valence-corrected chi connectivity index (χ0v) is 11.4. The van der Waals surface area contributed by atoms with E-state index in [2.05, 4.69) is 5.16 Å². The lowest BCUT2D eigenvalue weighted by molar-refractivity contribution is -0.131.